The first-order valence-corrected chi connectivity index (χ1v) is 9.28. The molecule has 138 valence electrons. The van der Waals surface area contributed by atoms with Crippen molar-refractivity contribution in [3.05, 3.63) is 65.7 Å². The number of morpholine rings is 1. The molecular formula is C22H28N2O2. The second-order valence-electron chi connectivity index (χ2n) is 7.54. The Labute approximate surface area is 156 Å². The van der Waals surface area contributed by atoms with Crippen LogP contribution in [0.15, 0.2) is 54.6 Å². The Balaban J connectivity index is 1.54. The number of ether oxygens (including phenoxy) is 1. The Morgan fingerprint density at radius 2 is 1.65 bits per heavy atom. The molecule has 26 heavy (non-hydrogen) atoms. The van der Waals surface area contributed by atoms with Crippen molar-refractivity contribution in [2.75, 3.05) is 31.2 Å². The van der Waals surface area contributed by atoms with Crippen LogP contribution in [0.3, 0.4) is 0 Å². The van der Waals surface area contributed by atoms with Crippen molar-refractivity contribution in [3.8, 4) is 0 Å². The lowest BCUT2D eigenvalue weighted by atomic mass is 9.94. The Kier molecular flexibility index (Phi) is 5.94. The normalized spacial score (nSPS) is 14.9. The zero-order valence-corrected chi connectivity index (χ0v) is 15.7. The highest BCUT2D eigenvalue weighted by Gasteiger charge is 2.21. The molecule has 0 unspecified atom stereocenters. The maximum absolute atomic E-state index is 12.5. The predicted octanol–water partition coefficient (Wildman–Crippen LogP) is 3.20. The summed E-state index contributed by atoms with van der Waals surface area (Å²) < 4.78 is 5.39. The summed E-state index contributed by atoms with van der Waals surface area (Å²) in [6.07, 6.45) is 1.22. The van der Waals surface area contributed by atoms with Crippen molar-refractivity contribution in [1.29, 1.82) is 0 Å². The molecule has 0 bridgehead atoms. The Hall–Kier alpha value is -2.33. The molecule has 4 nitrogen and oxygen atoms in total. The van der Waals surface area contributed by atoms with Gasteiger partial charge < -0.3 is 15.0 Å². The molecule has 1 N–H and O–H groups in total. The van der Waals surface area contributed by atoms with Gasteiger partial charge in [0.1, 0.15) is 0 Å². The largest absolute Gasteiger partial charge is 0.378 e. The van der Waals surface area contributed by atoms with Gasteiger partial charge in [0, 0.05) is 24.3 Å². The van der Waals surface area contributed by atoms with Crippen molar-refractivity contribution >= 4 is 11.6 Å². The van der Waals surface area contributed by atoms with Gasteiger partial charge in [0.15, 0.2) is 0 Å². The highest BCUT2D eigenvalue weighted by atomic mass is 16.5. The zero-order valence-electron chi connectivity index (χ0n) is 15.7. The van der Waals surface area contributed by atoms with E-state index in [0.717, 1.165) is 38.3 Å². The van der Waals surface area contributed by atoms with Crippen LogP contribution in [0.5, 0.6) is 0 Å². The molecule has 1 fully saturated rings. The van der Waals surface area contributed by atoms with E-state index in [0.29, 0.717) is 6.42 Å². The third-order valence-electron chi connectivity index (χ3n) is 4.64. The lowest BCUT2D eigenvalue weighted by molar-refractivity contribution is -0.122. The number of benzene rings is 2. The van der Waals surface area contributed by atoms with E-state index < -0.39 is 0 Å². The van der Waals surface area contributed by atoms with Gasteiger partial charge in [-0.3, -0.25) is 4.79 Å². The van der Waals surface area contributed by atoms with Crippen LogP contribution in [-0.4, -0.2) is 37.7 Å². The highest BCUT2D eigenvalue weighted by Crippen LogP contribution is 2.17. The summed E-state index contributed by atoms with van der Waals surface area (Å²) in [5, 5.41) is 3.17. The topological polar surface area (TPSA) is 41.6 Å². The fourth-order valence-electron chi connectivity index (χ4n) is 3.40. The van der Waals surface area contributed by atoms with E-state index in [9.17, 15) is 4.79 Å². The lowest BCUT2D eigenvalue weighted by Gasteiger charge is -2.29. The van der Waals surface area contributed by atoms with Gasteiger partial charge in [-0.1, -0.05) is 42.5 Å². The first-order valence-electron chi connectivity index (χ1n) is 9.28. The molecule has 1 amide bonds. The number of nitrogens with one attached hydrogen (secondary N) is 1. The number of nitrogens with zero attached hydrogens (tertiary/aromatic N) is 1. The summed E-state index contributed by atoms with van der Waals surface area (Å²) in [6, 6.07) is 18.6. The van der Waals surface area contributed by atoms with Crippen LogP contribution in [0.1, 0.15) is 25.0 Å². The summed E-state index contributed by atoms with van der Waals surface area (Å²) in [4.78, 5) is 14.8. The number of hydrogen-bond donors (Lipinski definition) is 1. The number of anilines is 1. The van der Waals surface area contributed by atoms with Gasteiger partial charge in [-0.25, -0.2) is 0 Å². The quantitative estimate of drug-likeness (QED) is 0.868. The van der Waals surface area contributed by atoms with Crippen LogP contribution < -0.4 is 10.2 Å². The number of hydrogen-bond acceptors (Lipinski definition) is 3. The van der Waals surface area contributed by atoms with Crippen molar-refractivity contribution in [2.45, 2.75) is 32.2 Å². The molecular weight excluding hydrogens is 324 g/mol. The molecule has 0 radical (unpaired) electrons. The predicted molar refractivity (Wildman–Crippen MR) is 106 cm³/mol. The standard InChI is InChI=1S/C22H28N2O2/c1-22(2,17-19-6-4-3-5-7-19)23-21(25)16-18-8-10-20(11-9-18)24-12-14-26-15-13-24/h3-11H,12-17H2,1-2H3,(H,23,25). The number of carbonyl (C=O) groups is 1. The van der Waals surface area contributed by atoms with Gasteiger partial charge in [-0.2, -0.15) is 0 Å². The molecule has 3 rings (SSSR count). The van der Waals surface area contributed by atoms with E-state index in [1.807, 2.05) is 18.2 Å². The lowest BCUT2D eigenvalue weighted by Crippen LogP contribution is -2.45. The number of amides is 1. The summed E-state index contributed by atoms with van der Waals surface area (Å²) >= 11 is 0. The third-order valence-corrected chi connectivity index (χ3v) is 4.64. The molecule has 0 atom stereocenters. The summed E-state index contributed by atoms with van der Waals surface area (Å²) in [5.74, 6) is 0.0602. The molecule has 4 heteroatoms. The van der Waals surface area contributed by atoms with E-state index in [-0.39, 0.29) is 11.4 Å². The fraction of sp³-hybridized carbons (Fsp3) is 0.409. The van der Waals surface area contributed by atoms with Gasteiger partial charge >= 0.3 is 0 Å². The van der Waals surface area contributed by atoms with E-state index >= 15 is 0 Å². The SMILES string of the molecule is CC(C)(Cc1ccccc1)NC(=O)Cc1ccc(N2CCOCC2)cc1. The van der Waals surface area contributed by atoms with Crippen molar-refractivity contribution in [1.82, 2.24) is 5.32 Å². The molecule has 0 spiro atoms. The van der Waals surface area contributed by atoms with Crippen molar-refractivity contribution < 1.29 is 9.53 Å². The van der Waals surface area contributed by atoms with Crippen LogP contribution in [0.25, 0.3) is 0 Å². The Bertz CT molecular complexity index is 705. The molecule has 1 aliphatic rings. The molecule has 2 aromatic rings. The first-order chi connectivity index (χ1) is 12.5. The van der Waals surface area contributed by atoms with Crippen LogP contribution in [0.2, 0.25) is 0 Å². The smallest absolute Gasteiger partial charge is 0.224 e. The first kappa shape index (κ1) is 18.5. The number of rotatable bonds is 6. The molecule has 0 aromatic heterocycles. The Morgan fingerprint density at radius 3 is 2.31 bits per heavy atom. The van der Waals surface area contributed by atoms with Crippen LogP contribution in [0.4, 0.5) is 5.69 Å². The zero-order chi connectivity index (χ0) is 18.4. The van der Waals surface area contributed by atoms with E-state index in [1.54, 1.807) is 0 Å². The Morgan fingerprint density at radius 1 is 1.00 bits per heavy atom. The third kappa shape index (κ3) is 5.33. The maximum Gasteiger partial charge on any atom is 0.224 e. The molecule has 2 aromatic carbocycles. The number of carbonyl (C=O) groups excluding carboxylic acids is 1. The van der Waals surface area contributed by atoms with Gasteiger partial charge in [0.2, 0.25) is 5.91 Å². The van der Waals surface area contributed by atoms with Crippen molar-refractivity contribution in [3.63, 3.8) is 0 Å². The highest BCUT2D eigenvalue weighted by molar-refractivity contribution is 5.79. The molecule has 1 aliphatic heterocycles. The van der Waals surface area contributed by atoms with Crippen molar-refractivity contribution in [2.24, 2.45) is 0 Å². The van der Waals surface area contributed by atoms with E-state index in [1.165, 1.54) is 11.3 Å². The minimum Gasteiger partial charge on any atom is -0.378 e. The summed E-state index contributed by atoms with van der Waals surface area (Å²) in [6.45, 7) is 7.54. The molecule has 1 saturated heterocycles. The molecule has 0 saturated carbocycles. The van der Waals surface area contributed by atoms with Gasteiger partial charge in [-0.15, -0.1) is 0 Å². The second kappa shape index (κ2) is 8.37. The van der Waals surface area contributed by atoms with Gasteiger partial charge in [-0.05, 0) is 43.5 Å². The minimum absolute atomic E-state index is 0.0602. The second-order valence-corrected chi connectivity index (χ2v) is 7.54. The van der Waals surface area contributed by atoms with Crippen LogP contribution in [0, 0.1) is 0 Å². The molecule has 1 heterocycles. The molecule has 0 aliphatic carbocycles. The fourth-order valence-corrected chi connectivity index (χ4v) is 3.40. The van der Waals surface area contributed by atoms with E-state index in [2.05, 4.69) is 60.5 Å². The van der Waals surface area contributed by atoms with E-state index in [4.69, 9.17) is 4.74 Å². The van der Waals surface area contributed by atoms with Gasteiger partial charge in [0.25, 0.3) is 0 Å². The summed E-state index contributed by atoms with van der Waals surface area (Å²) in [7, 11) is 0. The average molecular weight is 352 g/mol. The van der Waals surface area contributed by atoms with Crippen LogP contribution >= 0.6 is 0 Å². The summed E-state index contributed by atoms with van der Waals surface area (Å²) in [5.41, 5.74) is 3.19. The monoisotopic (exact) mass is 352 g/mol. The minimum atomic E-state index is -0.272. The average Bonchev–Trinajstić information content (AvgIpc) is 2.63. The van der Waals surface area contributed by atoms with Gasteiger partial charge in [0.05, 0.1) is 19.6 Å². The van der Waals surface area contributed by atoms with Crippen LogP contribution in [-0.2, 0) is 22.4 Å². The maximum atomic E-state index is 12.5.